The minimum atomic E-state index is -0.883. The van der Waals surface area contributed by atoms with Gasteiger partial charge in [0.25, 0.3) is 0 Å². The molecule has 0 aliphatic heterocycles. The first-order valence-corrected chi connectivity index (χ1v) is 8.24. The molecule has 0 spiro atoms. The van der Waals surface area contributed by atoms with Gasteiger partial charge in [-0.25, -0.2) is 0 Å². The lowest BCUT2D eigenvalue weighted by Crippen LogP contribution is -2.52. The fourth-order valence-electron chi connectivity index (χ4n) is 3.63. The molecule has 1 aliphatic rings. The van der Waals surface area contributed by atoms with Gasteiger partial charge in [-0.15, -0.1) is 0 Å². The maximum absolute atomic E-state index is 12.0. The van der Waals surface area contributed by atoms with E-state index in [4.69, 9.17) is 10.5 Å². The Morgan fingerprint density at radius 2 is 1.91 bits per heavy atom. The lowest BCUT2D eigenvalue weighted by Gasteiger charge is -2.35. The summed E-state index contributed by atoms with van der Waals surface area (Å²) >= 11 is 0. The zero-order chi connectivity index (χ0) is 16.9. The standard InChI is InChI=1S/C16H30N2O4/c1-5-10(6-2)14(18-9(4)19)13-12(17)8-11(15(13)20)16(21)22-7-3/h10-15,20H,5-8,17H2,1-4H3,(H,18,19)/t11-,12+,13+,14-,15+/m0/s1. The number of aliphatic hydroxyl groups is 1. The molecular formula is C16H30N2O4. The number of hydrogen-bond acceptors (Lipinski definition) is 5. The largest absolute Gasteiger partial charge is 0.466 e. The van der Waals surface area contributed by atoms with Crippen molar-refractivity contribution < 1.29 is 19.4 Å². The second-order valence-corrected chi connectivity index (χ2v) is 6.13. The van der Waals surface area contributed by atoms with Crippen LogP contribution in [-0.2, 0) is 14.3 Å². The molecule has 1 amide bonds. The summed E-state index contributed by atoms with van der Waals surface area (Å²) in [6.07, 6.45) is 1.26. The number of carbonyl (C=O) groups excluding carboxylic acids is 2. The van der Waals surface area contributed by atoms with Crippen LogP contribution in [0.3, 0.4) is 0 Å². The molecule has 1 aliphatic carbocycles. The molecule has 0 unspecified atom stereocenters. The predicted molar refractivity (Wildman–Crippen MR) is 83.9 cm³/mol. The van der Waals surface area contributed by atoms with Crippen LogP contribution < -0.4 is 11.1 Å². The Bertz CT molecular complexity index is 384. The number of aliphatic hydroxyl groups excluding tert-OH is 1. The van der Waals surface area contributed by atoms with Gasteiger partial charge in [-0.05, 0) is 19.3 Å². The van der Waals surface area contributed by atoms with E-state index in [1.807, 2.05) is 0 Å². The Kier molecular flexibility index (Phi) is 7.29. The number of nitrogens with two attached hydrogens (primary N) is 1. The van der Waals surface area contributed by atoms with Crippen molar-refractivity contribution in [2.24, 2.45) is 23.5 Å². The van der Waals surface area contributed by atoms with Crippen molar-refractivity contribution in [3.05, 3.63) is 0 Å². The van der Waals surface area contributed by atoms with E-state index < -0.39 is 18.0 Å². The fourth-order valence-corrected chi connectivity index (χ4v) is 3.63. The summed E-state index contributed by atoms with van der Waals surface area (Å²) in [5.74, 6) is -1.26. The van der Waals surface area contributed by atoms with Crippen LogP contribution in [0, 0.1) is 17.8 Å². The van der Waals surface area contributed by atoms with Gasteiger partial charge in [0.05, 0.1) is 18.6 Å². The number of nitrogens with one attached hydrogen (secondary N) is 1. The molecule has 0 bridgehead atoms. The third kappa shape index (κ3) is 4.20. The van der Waals surface area contributed by atoms with Crippen LogP contribution in [0.4, 0.5) is 0 Å². The monoisotopic (exact) mass is 314 g/mol. The number of hydrogen-bond donors (Lipinski definition) is 3. The highest BCUT2D eigenvalue weighted by Crippen LogP contribution is 2.37. The second kappa shape index (κ2) is 8.48. The third-order valence-corrected chi connectivity index (χ3v) is 4.76. The Balaban J connectivity index is 2.98. The number of amides is 1. The quantitative estimate of drug-likeness (QED) is 0.604. The maximum atomic E-state index is 12.0. The smallest absolute Gasteiger partial charge is 0.311 e. The van der Waals surface area contributed by atoms with Crippen molar-refractivity contribution in [2.45, 2.75) is 65.1 Å². The van der Waals surface area contributed by atoms with Gasteiger partial charge in [-0.1, -0.05) is 26.7 Å². The Morgan fingerprint density at radius 3 is 2.36 bits per heavy atom. The number of esters is 1. The van der Waals surface area contributed by atoms with Crippen molar-refractivity contribution in [3.8, 4) is 0 Å². The Labute approximate surface area is 132 Å². The molecular weight excluding hydrogens is 284 g/mol. The van der Waals surface area contributed by atoms with Gasteiger partial charge in [0.1, 0.15) is 0 Å². The van der Waals surface area contributed by atoms with E-state index in [0.29, 0.717) is 6.42 Å². The molecule has 0 aromatic carbocycles. The molecule has 0 aromatic rings. The highest BCUT2D eigenvalue weighted by Gasteiger charge is 2.49. The van der Waals surface area contributed by atoms with Crippen molar-refractivity contribution in [3.63, 3.8) is 0 Å². The highest BCUT2D eigenvalue weighted by molar-refractivity contribution is 5.74. The SMILES string of the molecule is CCOC(=O)[C@H]1C[C@@H](N)[C@H]([C@@H](NC(C)=O)C(CC)CC)[C@@H]1O. The summed E-state index contributed by atoms with van der Waals surface area (Å²) in [7, 11) is 0. The van der Waals surface area contributed by atoms with Gasteiger partial charge in [0, 0.05) is 24.9 Å². The minimum Gasteiger partial charge on any atom is -0.466 e. The summed E-state index contributed by atoms with van der Waals surface area (Å²) in [6, 6.07) is -0.557. The van der Waals surface area contributed by atoms with Crippen molar-refractivity contribution in [1.29, 1.82) is 0 Å². The molecule has 0 aromatic heterocycles. The van der Waals surface area contributed by atoms with Crippen LogP contribution in [-0.4, -0.2) is 41.8 Å². The molecule has 128 valence electrons. The molecule has 4 N–H and O–H groups in total. The molecule has 1 saturated carbocycles. The van der Waals surface area contributed by atoms with Gasteiger partial charge in [0.2, 0.25) is 5.91 Å². The first kappa shape index (κ1) is 18.9. The highest BCUT2D eigenvalue weighted by atomic mass is 16.5. The Morgan fingerprint density at radius 1 is 1.32 bits per heavy atom. The molecule has 5 atom stereocenters. The first-order chi connectivity index (χ1) is 10.4. The van der Waals surface area contributed by atoms with Crippen LogP contribution in [0.25, 0.3) is 0 Å². The zero-order valence-electron chi connectivity index (χ0n) is 14.0. The molecule has 0 radical (unpaired) electrons. The first-order valence-electron chi connectivity index (χ1n) is 8.24. The third-order valence-electron chi connectivity index (χ3n) is 4.76. The molecule has 0 heterocycles. The molecule has 22 heavy (non-hydrogen) atoms. The molecule has 6 nitrogen and oxygen atoms in total. The predicted octanol–water partition coefficient (Wildman–Crippen LogP) is 0.815. The number of carbonyl (C=O) groups is 2. The van der Waals surface area contributed by atoms with Crippen LogP contribution in [0.1, 0.15) is 47.0 Å². The van der Waals surface area contributed by atoms with Gasteiger partial charge in [0.15, 0.2) is 0 Å². The van der Waals surface area contributed by atoms with Crippen molar-refractivity contribution >= 4 is 11.9 Å². The van der Waals surface area contributed by atoms with E-state index in [2.05, 4.69) is 19.2 Å². The summed E-state index contributed by atoms with van der Waals surface area (Å²) in [4.78, 5) is 23.5. The maximum Gasteiger partial charge on any atom is 0.311 e. The second-order valence-electron chi connectivity index (χ2n) is 6.13. The van der Waals surface area contributed by atoms with Crippen LogP contribution in [0.15, 0.2) is 0 Å². The van der Waals surface area contributed by atoms with E-state index >= 15 is 0 Å². The zero-order valence-corrected chi connectivity index (χ0v) is 14.0. The number of rotatable bonds is 7. The fraction of sp³-hybridized carbons (Fsp3) is 0.875. The van der Waals surface area contributed by atoms with E-state index in [-0.39, 0.29) is 36.4 Å². The minimum absolute atomic E-state index is 0.143. The van der Waals surface area contributed by atoms with E-state index in [1.54, 1.807) is 6.92 Å². The summed E-state index contributed by atoms with van der Waals surface area (Å²) < 4.78 is 5.03. The topological polar surface area (TPSA) is 102 Å². The average Bonchev–Trinajstić information content (AvgIpc) is 2.74. The lowest BCUT2D eigenvalue weighted by molar-refractivity contribution is -0.151. The van der Waals surface area contributed by atoms with Crippen LogP contribution >= 0.6 is 0 Å². The molecule has 1 fully saturated rings. The summed E-state index contributed by atoms with van der Waals surface area (Å²) in [5, 5.41) is 13.6. The average molecular weight is 314 g/mol. The van der Waals surface area contributed by atoms with Crippen molar-refractivity contribution in [2.75, 3.05) is 6.61 Å². The summed E-state index contributed by atoms with van der Waals surface area (Å²) in [5.41, 5.74) is 6.20. The van der Waals surface area contributed by atoms with E-state index in [0.717, 1.165) is 12.8 Å². The number of ether oxygens (including phenoxy) is 1. The van der Waals surface area contributed by atoms with Gasteiger partial charge in [-0.2, -0.15) is 0 Å². The lowest BCUT2D eigenvalue weighted by atomic mass is 9.80. The van der Waals surface area contributed by atoms with Gasteiger partial charge < -0.3 is 20.9 Å². The molecule has 1 rings (SSSR count). The summed E-state index contributed by atoms with van der Waals surface area (Å²) in [6.45, 7) is 7.59. The molecule has 0 saturated heterocycles. The molecule has 6 heteroatoms. The Hall–Kier alpha value is -1.14. The van der Waals surface area contributed by atoms with Gasteiger partial charge >= 0.3 is 5.97 Å². The van der Waals surface area contributed by atoms with Gasteiger partial charge in [-0.3, -0.25) is 9.59 Å². The van der Waals surface area contributed by atoms with Crippen LogP contribution in [0.2, 0.25) is 0 Å². The van der Waals surface area contributed by atoms with Crippen LogP contribution in [0.5, 0.6) is 0 Å². The van der Waals surface area contributed by atoms with Crippen molar-refractivity contribution in [1.82, 2.24) is 5.32 Å². The van der Waals surface area contributed by atoms with E-state index in [9.17, 15) is 14.7 Å². The normalized spacial score (nSPS) is 29.4. The van der Waals surface area contributed by atoms with E-state index in [1.165, 1.54) is 6.92 Å².